The van der Waals surface area contributed by atoms with Gasteiger partial charge in [0.25, 0.3) is 0 Å². The van der Waals surface area contributed by atoms with Gasteiger partial charge in [-0.15, -0.1) is 0 Å². The van der Waals surface area contributed by atoms with E-state index in [4.69, 9.17) is 5.11 Å². The number of anilines is 1. The number of nitrogens with zero attached hydrogens (tertiary/aromatic N) is 1. The Morgan fingerprint density at radius 2 is 2.23 bits per heavy atom. The van der Waals surface area contributed by atoms with Crippen LogP contribution in [-0.2, 0) is 0 Å². The minimum Gasteiger partial charge on any atom is -0.396 e. The average molecular weight is 184 g/mol. The highest BCUT2D eigenvalue weighted by molar-refractivity contribution is 5.33. The summed E-state index contributed by atoms with van der Waals surface area (Å²) in [5, 5.41) is 11.5. The van der Waals surface area contributed by atoms with Crippen LogP contribution in [0.5, 0.6) is 0 Å². The molecule has 0 fully saturated rings. The number of aliphatic hydroxyl groups is 1. The third-order valence-corrected chi connectivity index (χ3v) is 1.62. The molecule has 1 rings (SSSR count). The summed E-state index contributed by atoms with van der Waals surface area (Å²) in [5.41, 5.74) is 0. The van der Waals surface area contributed by atoms with Crippen molar-refractivity contribution in [3.05, 3.63) is 24.1 Å². The van der Waals surface area contributed by atoms with Crippen molar-refractivity contribution in [2.75, 3.05) is 18.5 Å². The lowest BCUT2D eigenvalue weighted by Gasteiger charge is -2.03. The minimum absolute atomic E-state index is 0.207. The normalized spacial score (nSPS) is 10.0. The fourth-order valence-electron chi connectivity index (χ4n) is 0.934. The minimum atomic E-state index is -0.332. The number of hydrogen-bond donors (Lipinski definition) is 2. The summed E-state index contributed by atoms with van der Waals surface area (Å²) in [4.78, 5) is 3.83. The van der Waals surface area contributed by atoms with E-state index in [0.29, 0.717) is 5.82 Å². The van der Waals surface area contributed by atoms with Crippen LogP contribution in [0.2, 0.25) is 0 Å². The number of unbranched alkanes of at least 4 members (excludes halogenated alkanes) is 1. The number of hydrogen-bond acceptors (Lipinski definition) is 3. The quantitative estimate of drug-likeness (QED) is 0.680. The molecule has 0 aliphatic heterocycles. The van der Waals surface area contributed by atoms with Crippen LogP contribution in [0.25, 0.3) is 0 Å². The van der Waals surface area contributed by atoms with E-state index < -0.39 is 0 Å². The van der Waals surface area contributed by atoms with Crippen molar-refractivity contribution in [3.8, 4) is 0 Å². The predicted octanol–water partition coefficient (Wildman–Crippen LogP) is 1.41. The second kappa shape index (κ2) is 5.48. The van der Waals surface area contributed by atoms with Gasteiger partial charge in [-0.25, -0.2) is 9.37 Å². The molecule has 0 saturated heterocycles. The first-order chi connectivity index (χ1) is 6.33. The zero-order chi connectivity index (χ0) is 9.52. The lowest BCUT2D eigenvalue weighted by molar-refractivity contribution is 0.286. The number of pyridine rings is 1. The van der Waals surface area contributed by atoms with E-state index in [9.17, 15) is 4.39 Å². The van der Waals surface area contributed by atoms with Gasteiger partial charge >= 0.3 is 0 Å². The van der Waals surface area contributed by atoms with Gasteiger partial charge in [-0.05, 0) is 25.0 Å². The highest BCUT2D eigenvalue weighted by atomic mass is 19.1. The number of aromatic nitrogens is 1. The molecular formula is C9H13FN2O. The molecule has 0 bridgehead atoms. The second-order valence-electron chi connectivity index (χ2n) is 2.72. The van der Waals surface area contributed by atoms with E-state index in [-0.39, 0.29) is 12.4 Å². The SMILES string of the molecule is OCCCCNc1ccc(F)cn1. The molecular weight excluding hydrogens is 171 g/mol. The maximum absolute atomic E-state index is 12.4. The number of halogens is 1. The van der Waals surface area contributed by atoms with Crippen LogP contribution in [0, 0.1) is 5.82 Å². The average Bonchev–Trinajstić information content (AvgIpc) is 2.15. The molecule has 0 aromatic carbocycles. The summed E-state index contributed by atoms with van der Waals surface area (Å²) in [7, 11) is 0. The number of aliphatic hydroxyl groups excluding tert-OH is 1. The Morgan fingerprint density at radius 1 is 1.38 bits per heavy atom. The second-order valence-corrected chi connectivity index (χ2v) is 2.72. The third-order valence-electron chi connectivity index (χ3n) is 1.62. The predicted molar refractivity (Wildman–Crippen MR) is 49.0 cm³/mol. The molecule has 1 heterocycles. The van der Waals surface area contributed by atoms with Crippen molar-refractivity contribution in [2.45, 2.75) is 12.8 Å². The van der Waals surface area contributed by atoms with Crippen molar-refractivity contribution in [1.82, 2.24) is 4.98 Å². The van der Waals surface area contributed by atoms with Gasteiger partial charge in [0.05, 0.1) is 6.20 Å². The Labute approximate surface area is 76.6 Å². The standard InChI is InChI=1S/C9H13FN2O/c10-8-3-4-9(12-7-8)11-5-1-2-6-13/h3-4,7,13H,1-2,5-6H2,(H,11,12). The zero-order valence-electron chi connectivity index (χ0n) is 7.33. The molecule has 0 amide bonds. The van der Waals surface area contributed by atoms with Crippen molar-refractivity contribution in [1.29, 1.82) is 0 Å². The first-order valence-electron chi connectivity index (χ1n) is 4.29. The van der Waals surface area contributed by atoms with Crippen molar-refractivity contribution in [2.24, 2.45) is 0 Å². The van der Waals surface area contributed by atoms with Crippen molar-refractivity contribution in [3.63, 3.8) is 0 Å². The fraction of sp³-hybridized carbons (Fsp3) is 0.444. The molecule has 1 aromatic rings. The zero-order valence-corrected chi connectivity index (χ0v) is 7.33. The van der Waals surface area contributed by atoms with Crippen LogP contribution >= 0.6 is 0 Å². The summed E-state index contributed by atoms with van der Waals surface area (Å²) in [6.07, 6.45) is 2.83. The van der Waals surface area contributed by atoms with Crippen LogP contribution in [0.15, 0.2) is 18.3 Å². The Kier molecular flexibility index (Phi) is 4.18. The van der Waals surface area contributed by atoms with Gasteiger partial charge in [0.2, 0.25) is 0 Å². The lowest BCUT2D eigenvalue weighted by atomic mass is 10.3. The topological polar surface area (TPSA) is 45.1 Å². The molecule has 0 aliphatic carbocycles. The molecule has 72 valence electrons. The van der Waals surface area contributed by atoms with Crippen LogP contribution in [0.3, 0.4) is 0 Å². The first-order valence-corrected chi connectivity index (χ1v) is 4.29. The number of rotatable bonds is 5. The number of nitrogens with one attached hydrogen (secondary N) is 1. The van der Waals surface area contributed by atoms with E-state index in [1.165, 1.54) is 12.3 Å². The van der Waals surface area contributed by atoms with Gasteiger partial charge in [-0.3, -0.25) is 0 Å². The van der Waals surface area contributed by atoms with Gasteiger partial charge in [0, 0.05) is 13.2 Å². The van der Waals surface area contributed by atoms with E-state index in [1.807, 2.05) is 0 Å². The Bertz CT molecular complexity index is 238. The molecule has 4 heteroatoms. The molecule has 0 atom stereocenters. The summed E-state index contributed by atoms with van der Waals surface area (Å²) in [5.74, 6) is 0.334. The van der Waals surface area contributed by atoms with Gasteiger partial charge in [0.1, 0.15) is 11.6 Å². The molecule has 2 N–H and O–H groups in total. The van der Waals surface area contributed by atoms with Crippen molar-refractivity contribution >= 4 is 5.82 Å². The molecule has 1 aromatic heterocycles. The molecule has 0 aliphatic rings. The van der Waals surface area contributed by atoms with Crippen LogP contribution < -0.4 is 5.32 Å². The van der Waals surface area contributed by atoms with Crippen LogP contribution in [-0.4, -0.2) is 23.2 Å². The van der Waals surface area contributed by atoms with Gasteiger partial charge in [-0.2, -0.15) is 0 Å². The molecule has 0 saturated carbocycles. The molecule has 0 spiro atoms. The largest absolute Gasteiger partial charge is 0.396 e. The van der Waals surface area contributed by atoms with Crippen LogP contribution in [0.1, 0.15) is 12.8 Å². The summed E-state index contributed by atoms with van der Waals surface area (Å²) >= 11 is 0. The molecule has 0 radical (unpaired) electrons. The third kappa shape index (κ3) is 3.85. The summed E-state index contributed by atoms with van der Waals surface area (Å²) in [6, 6.07) is 2.95. The maximum Gasteiger partial charge on any atom is 0.141 e. The van der Waals surface area contributed by atoms with Gasteiger partial charge < -0.3 is 10.4 Å². The monoisotopic (exact) mass is 184 g/mol. The lowest BCUT2D eigenvalue weighted by Crippen LogP contribution is -2.03. The highest BCUT2D eigenvalue weighted by Crippen LogP contribution is 2.03. The molecule has 0 unspecified atom stereocenters. The summed E-state index contributed by atoms with van der Waals surface area (Å²) in [6.45, 7) is 0.956. The Morgan fingerprint density at radius 3 is 2.85 bits per heavy atom. The Hall–Kier alpha value is -1.16. The summed E-state index contributed by atoms with van der Waals surface area (Å²) < 4.78 is 12.4. The first kappa shape index (κ1) is 9.92. The van der Waals surface area contributed by atoms with Crippen LogP contribution in [0.4, 0.5) is 10.2 Å². The van der Waals surface area contributed by atoms with E-state index in [1.54, 1.807) is 6.07 Å². The van der Waals surface area contributed by atoms with Gasteiger partial charge in [0.15, 0.2) is 0 Å². The highest BCUT2D eigenvalue weighted by Gasteiger charge is 1.93. The fourth-order valence-corrected chi connectivity index (χ4v) is 0.934. The van der Waals surface area contributed by atoms with E-state index in [2.05, 4.69) is 10.3 Å². The van der Waals surface area contributed by atoms with E-state index in [0.717, 1.165) is 19.4 Å². The van der Waals surface area contributed by atoms with Crippen molar-refractivity contribution < 1.29 is 9.50 Å². The van der Waals surface area contributed by atoms with E-state index >= 15 is 0 Å². The maximum atomic E-state index is 12.4. The van der Waals surface area contributed by atoms with Gasteiger partial charge in [-0.1, -0.05) is 0 Å². The Balaban J connectivity index is 2.25. The molecule has 3 nitrogen and oxygen atoms in total. The molecule has 13 heavy (non-hydrogen) atoms. The smallest absolute Gasteiger partial charge is 0.141 e.